The van der Waals surface area contributed by atoms with Crippen molar-refractivity contribution >= 4 is 35.0 Å². The van der Waals surface area contributed by atoms with Crippen LogP contribution < -0.4 is 15.4 Å². The molecule has 1 unspecified atom stereocenters. The van der Waals surface area contributed by atoms with Crippen LogP contribution in [0.5, 0.6) is 5.75 Å². The normalized spacial score (nSPS) is 11.6. The van der Waals surface area contributed by atoms with Crippen molar-refractivity contribution < 1.29 is 23.2 Å². The van der Waals surface area contributed by atoms with Crippen LogP contribution in [0.15, 0.2) is 74.9 Å². The number of amides is 2. The molecule has 1 atom stereocenters. The Balaban J connectivity index is 1.34. The van der Waals surface area contributed by atoms with E-state index in [2.05, 4.69) is 20.8 Å². The summed E-state index contributed by atoms with van der Waals surface area (Å²) in [7, 11) is 1.54. The fourth-order valence-corrected chi connectivity index (χ4v) is 3.75. The van der Waals surface area contributed by atoms with Gasteiger partial charge in [0.2, 0.25) is 5.91 Å². The first-order valence-electron chi connectivity index (χ1n) is 10.3. The van der Waals surface area contributed by atoms with E-state index in [-0.39, 0.29) is 17.0 Å². The molecule has 4 rings (SSSR count). The fraction of sp³-hybridized carbons (Fsp3) is 0.167. The number of thioether (sulfide) groups is 1. The van der Waals surface area contributed by atoms with Gasteiger partial charge in [-0.1, -0.05) is 23.9 Å². The number of hydrogen-bond acceptors (Lipinski definition) is 8. The molecule has 10 heteroatoms. The zero-order valence-electron chi connectivity index (χ0n) is 18.7. The second-order valence-corrected chi connectivity index (χ2v) is 8.54. The Morgan fingerprint density at radius 2 is 1.79 bits per heavy atom. The third kappa shape index (κ3) is 5.29. The molecule has 0 radical (unpaired) electrons. The van der Waals surface area contributed by atoms with Crippen LogP contribution in [-0.4, -0.2) is 34.4 Å². The quantitative estimate of drug-likeness (QED) is 0.339. The zero-order chi connectivity index (χ0) is 24.1. The van der Waals surface area contributed by atoms with E-state index in [1.165, 1.54) is 0 Å². The highest BCUT2D eigenvalue weighted by atomic mass is 32.2. The molecule has 0 aliphatic heterocycles. The van der Waals surface area contributed by atoms with Gasteiger partial charge < -0.3 is 24.2 Å². The van der Waals surface area contributed by atoms with Gasteiger partial charge in [0.25, 0.3) is 17.0 Å². The van der Waals surface area contributed by atoms with Gasteiger partial charge in [-0.05, 0) is 56.3 Å². The number of methoxy groups -OCH3 is 1. The molecular formula is C24H22N4O5S. The Morgan fingerprint density at radius 3 is 2.50 bits per heavy atom. The van der Waals surface area contributed by atoms with E-state index in [1.807, 2.05) is 12.1 Å². The number of carbonyl (C=O) groups is 2. The highest BCUT2D eigenvalue weighted by molar-refractivity contribution is 8.00. The molecule has 34 heavy (non-hydrogen) atoms. The van der Waals surface area contributed by atoms with Gasteiger partial charge >= 0.3 is 0 Å². The second-order valence-electron chi connectivity index (χ2n) is 7.24. The summed E-state index contributed by atoms with van der Waals surface area (Å²) in [6.45, 7) is 3.54. The molecule has 4 aromatic rings. The molecule has 9 nitrogen and oxygen atoms in total. The van der Waals surface area contributed by atoms with Gasteiger partial charge in [0.15, 0.2) is 0 Å². The highest BCUT2D eigenvalue weighted by Crippen LogP contribution is 2.29. The molecule has 0 spiro atoms. The molecule has 0 bridgehead atoms. The van der Waals surface area contributed by atoms with Crippen molar-refractivity contribution in [2.45, 2.75) is 24.3 Å². The minimum atomic E-state index is -0.493. The number of aryl methyl sites for hydroxylation is 1. The van der Waals surface area contributed by atoms with E-state index < -0.39 is 5.25 Å². The Hall–Kier alpha value is -4.05. The summed E-state index contributed by atoms with van der Waals surface area (Å²) < 4.78 is 16.1. The second kappa shape index (κ2) is 10.3. The Kier molecular flexibility index (Phi) is 6.98. The van der Waals surface area contributed by atoms with Crippen LogP contribution in [0.4, 0.5) is 11.4 Å². The van der Waals surface area contributed by atoms with Crippen molar-refractivity contribution in [2.75, 3.05) is 17.7 Å². The van der Waals surface area contributed by atoms with Crippen LogP contribution in [0.3, 0.4) is 0 Å². The molecule has 2 heterocycles. The number of rotatable bonds is 8. The number of para-hydroxylation sites is 2. The van der Waals surface area contributed by atoms with Crippen molar-refractivity contribution in [2.24, 2.45) is 0 Å². The number of aromatic nitrogens is 2. The van der Waals surface area contributed by atoms with Gasteiger partial charge in [-0.3, -0.25) is 9.59 Å². The lowest BCUT2D eigenvalue weighted by atomic mass is 10.2. The topological polar surface area (TPSA) is 119 Å². The molecule has 0 fully saturated rings. The third-order valence-corrected chi connectivity index (χ3v) is 5.85. The number of nitrogens with one attached hydrogen (secondary N) is 2. The minimum absolute atomic E-state index is 0.240. The van der Waals surface area contributed by atoms with E-state index in [4.69, 9.17) is 13.6 Å². The van der Waals surface area contributed by atoms with Crippen molar-refractivity contribution in [1.29, 1.82) is 0 Å². The number of anilines is 2. The van der Waals surface area contributed by atoms with E-state index >= 15 is 0 Å². The summed E-state index contributed by atoms with van der Waals surface area (Å²) in [4.78, 5) is 25.2. The zero-order valence-corrected chi connectivity index (χ0v) is 19.5. The number of carbonyl (C=O) groups excluding carboxylic acids is 2. The van der Waals surface area contributed by atoms with Gasteiger partial charge in [0.05, 0.1) is 29.9 Å². The Bertz CT molecular complexity index is 1300. The van der Waals surface area contributed by atoms with E-state index in [0.717, 1.165) is 11.8 Å². The van der Waals surface area contributed by atoms with Crippen molar-refractivity contribution in [3.63, 3.8) is 0 Å². The Labute approximate surface area is 199 Å². The van der Waals surface area contributed by atoms with Crippen LogP contribution >= 0.6 is 11.8 Å². The number of benzene rings is 2. The molecule has 2 N–H and O–H groups in total. The molecular weight excluding hydrogens is 456 g/mol. The maximum absolute atomic E-state index is 12.6. The maximum atomic E-state index is 12.6. The fourth-order valence-electron chi connectivity index (χ4n) is 3.07. The summed E-state index contributed by atoms with van der Waals surface area (Å²) in [5.74, 6) is 1.05. The molecule has 2 aromatic heterocycles. The van der Waals surface area contributed by atoms with Crippen LogP contribution in [0.2, 0.25) is 0 Å². The van der Waals surface area contributed by atoms with Crippen LogP contribution in [-0.2, 0) is 4.79 Å². The predicted octanol–water partition coefficient (Wildman–Crippen LogP) is 5.02. The van der Waals surface area contributed by atoms with E-state index in [1.54, 1.807) is 69.7 Å². The van der Waals surface area contributed by atoms with Crippen molar-refractivity contribution in [1.82, 2.24) is 10.2 Å². The summed E-state index contributed by atoms with van der Waals surface area (Å²) in [5.41, 5.74) is 2.29. The standard InChI is InChI=1S/C24H22N4O5S/c1-14-18(12-13-32-14)23-27-28-24(33-23)34-15(2)21(29)25-17-10-8-16(9-11-17)22(30)26-19-6-4-5-7-20(19)31-3/h4-13,15H,1-3H3,(H,25,29)(H,26,30). The number of ether oxygens (including phenoxy) is 1. The number of hydrogen-bond donors (Lipinski definition) is 2. The summed E-state index contributed by atoms with van der Waals surface area (Å²) in [6.07, 6.45) is 1.55. The first-order chi connectivity index (χ1) is 16.4. The van der Waals surface area contributed by atoms with Crippen molar-refractivity contribution in [3.8, 4) is 17.2 Å². The molecule has 0 aliphatic carbocycles. The molecule has 0 saturated heterocycles. The molecule has 174 valence electrons. The smallest absolute Gasteiger partial charge is 0.277 e. The maximum Gasteiger partial charge on any atom is 0.277 e. The van der Waals surface area contributed by atoms with E-state index in [0.29, 0.717) is 39.9 Å². The Morgan fingerprint density at radius 1 is 1.03 bits per heavy atom. The average Bonchev–Trinajstić information content (AvgIpc) is 3.48. The monoisotopic (exact) mass is 478 g/mol. The lowest BCUT2D eigenvalue weighted by Crippen LogP contribution is -2.22. The SMILES string of the molecule is COc1ccccc1NC(=O)c1ccc(NC(=O)C(C)Sc2nnc(-c3ccoc3C)o2)cc1. The first kappa shape index (κ1) is 23.1. The first-order valence-corrected chi connectivity index (χ1v) is 11.2. The highest BCUT2D eigenvalue weighted by Gasteiger charge is 2.20. The van der Waals surface area contributed by atoms with Gasteiger partial charge in [-0.25, -0.2) is 0 Å². The average molecular weight is 479 g/mol. The largest absolute Gasteiger partial charge is 0.495 e. The van der Waals surface area contributed by atoms with Crippen LogP contribution in [0.25, 0.3) is 11.5 Å². The summed E-state index contributed by atoms with van der Waals surface area (Å²) in [6, 6.07) is 15.5. The minimum Gasteiger partial charge on any atom is -0.495 e. The van der Waals surface area contributed by atoms with Crippen LogP contribution in [0.1, 0.15) is 23.0 Å². The molecule has 0 aliphatic rings. The summed E-state index contributed by atoms with van der Waals surface area (Å²) >= 11 is 1.15. The van der Waals surface area contributed by atoms with Crippen LogP contribution in [0, 0.1) is 6.92 Å². The van der Waals surface area contributed by atoms with Gasteiger partial charge in [0.1, 0.15) is 11.5 Å². The lowest BCUT2D eigenvalue weighted by molar-refractivity contribution is -0.115. The molecule has 2 aromatic carbocycles. The predicted molar refractivity (Wildman–Crippen MR) is 128 cm³/mol. The van der Waals surface area contributed by atoms with E-state index in [9.17, 15) is 9.59 Å². The lowest BCUT2D eigenvalue weighted by Gasteiger charge is -2.11. The van der Waals surface area contributed by atoms with Gasteiger partial charge in [0, 0.05) is 11.3 Å². The number of furan rings is 1. The summed E-state index contributed by atoms with van der Waals surface area (Å²) in [5, 5.41) is 13.4. The van der Waals surface area contributed by atoms with Crippen molar-refractivity contribution in [3.05, 3.63) is 72.2 Å². The number of nitrogens with zero attached hydrogens (tertiary/aromatic N) is 2. The van der Waals surface area contributed by atoms with Gasteiger partial charge in [-0.2, -0.15) is 0 Å². The third-order valence-electron chi connectivity index (χ3n) is 4.91. The molecule has 2 amide bonds. The van der Waals surface area contributed by atoms with Gasteiger partial charge in [-0.15, -0.1) is 10.2 Å². The molecule has 0 saturated carbocycles.